The highest BCUT2D eigenvalue weighted by atomic mass is 16.5. The van der Waals surface area contributed by atoms with Gasteiger partial charge in [0.25, 0.3) is 0 Å². The third kappa shape index (κ3) is 1.46. The molecule has 0 fully saturated rings. The van der Waals surface area contributed by atoms with Gasteiger partial charge in [-0.25, -0.2) is 0 Å². The number of aromatic hydroxyl groups is 1. The Bertz CT molecular complexity index is 520. The Kier molecular flexibility index (Phi) is 2.44. The normalized spacial score (nSPS) is 10.4. The number of nitrogens with one attached hydrogen (secondary N) is 1. The number of anilines is 1. The van der Waals surface area contributed by atoms with Gasteiger partial charge in [0.1, 0.15) is 17.3 Å². The maximum Gasteiger partial charge on any atom is 0.130 e. The number of phenols is 1. The summed E-state index contributed by atoms with van der Waals surface area (Å²) in [6.45, 7) is 1.79. The zero-order valence-corrected chi connectivity index (χ0v) is 9.11. The van der Waals surface area contributed by atoms with Crippen LogP contribution in [0, 0.1) is 6.92 Å². The van der Waals surface area contributed by atoms with Crippen LogP contribution in [0.1, 0.15) is 5.56 Å². The number of methoxy groups -OCH3 is 1. The van der Waals surface area contributed by atoms with Crippen LogP contribution in [0.4, 0.5) is 5.82 Å². The number of nitrogens with zero attached hydrogens (tertiary/aromatic N) is 1. The van der Waals surface area contributed by atoms with Gasteiger partial charge in [0, 0.05) is 16.7 Å². The standard InChI is InChI=1S/C11H13N3O2/c1-6-9(16-2)4-3-7(10(6)15)8-5-13-14-11(8)12/h3-5,15H,1-2H3,(H3,12,13,14). The molecule has 0 saturated heterocycles. The number of nitrogens with two attached hydrogens (primary N) is 1. The van der Waals surface area contributed by atoms with Crippen LogP contribution in [0.15, 0.2) is 18.3 Å². The van der Waals surface area contributed by atoms with E-state index >= 15 is 0 Å². The third-order valence-corrected chi connectivity index (χ3v) is 2.56. The lowest BCUT2D eigenvalue weighted by Crippen LogP contribution is -1.91. The molecule has 0 bridgehead atoms. The van der Waals surface area contributed by atoms with E-state index in [1.807, 2.05) is 0 Å². The largest absolute Gasteiger partial charge is 0.507 e. The van der Waals surface area contributed by atoms with Crippen molar-refractivity contribution in [1.82, 2.24) is 10.2 Å². The first-order valence-corrected chi connectivity index (χ1v) is 4.81. The molecule has 0 aliphatic heterocycles. The van der Waals surface area contributed by atoms with Crippen LogP contribution in [0.2, 0.25) is 0 Å². The Hall–Kier alpha value is -2.17. The molecule has 2 aromatic rings. The Morgan fingerprint density at radius 1 is 1.38 bits per heavy atom. The smallest absolute Gasteiger partial charge is 0.130 e. The molecule has 0 spiro atoms. The van der Waals surface area contributed by atoms with Gasteiger partial charge >= 0.3 is 0 Å². The number of aromatic nitrogens is 2. The van der Waals surface area contributed by atoms with Gasteiger partial charge in [-0.05, 0) is 19.1 Å². The molecule has 5 nitrogen and oxygen atoms in total. The Labute approximate surface area is 92.9 Å². The fourth-order valence-corrected chi connectivity index (χ4v) is 1.63. The third-order valence-electron chi connectivity index (χ3n) is 2.56. The summed E-state index contributed by atoms with van der Waals surface area (Å²) in [6, 6.07) is 3.54. The fraction of sp³-hybridized carbons (Fsp3) is 0.182. The first-order valence-electron chi connectivity index (χ1n) is 4.81. The molecule has 5 heteroatoms. The van der Waals surface area contributed by atoms with Gasteiger partial charge < -0.3 is 15.6 Å². The van der Waals surface area contributed by atoms with Gasteiger partial charge in [-0.15, -0.1) is 0 Å². The first kappa shape index (κ1) is 10.4. The van der Waals surface area contributed by atoms with Crippen molar-refractivity contribution in [2.45, 2.75) is 6.92 Å². The van der Waals surface area contributed by atoms with Gasteiger partial charge in [-0.2, -0.15) is 5.10 Å². The minimum absolute atomic E-state index is 0.160. The summed E-state index contributed by atoms with van der Waals surface area (Å²) < 4.78 is 5.11. The molecular formula is C11H13N3O2. The van der Waals surface area contributed by atoms with Crippen molar-refractivity contribution >= 4 is 5.82 Å². The highest BCUT2D eigenvalue weighted by Crippen LogP contribution is 2.38. The number of rotatable bonds is 2. The summed E-state index contributed by atoms with van der Waals surface area (Å²) in [5.41, 5.74) is 7.71. The summed E-state index contributed by atoms with van der Waals surface area (Å²) in [6.07, 6.45) is 1.58. The Morgan fingerprint density at radius 2 is 2.12 bits per heavy atom. The minimum Gasteiger partial charge on any atom is -0.507 e. The van der Waals surface area contributed by atoms with Crippen molar-refractivity contribution in [2.75, 3.05) is 12.8 Å². The van der Waals surface area contributed by atoms with Gasteiger partial charge in [0.2, 0.25) is 0 Å². The van der Waals surface area contributed by atoms with Crippen molar-refractivity contribution in [1.29, 1.82) is 0 Å². The van der Waals surface area contributed by atoms with Gasteiger partial charge in [0.05, 0.1) is 13.3 Å². The predicted octanol–water partition coefficient (Wildman–Crippen LogP) is 1.68. The van der Waals surface area contributed by atoms with Crippen LogP contribution >= 0.6 is 0 Å². The zero-order chi connectivity index (χ0) is 11.7. The Morgan fingerprint density at radius 3 is 2.69 bits per heavy atom. The average Bonchev–Trinajstić information content (AvgIpc) is 2.69. The van der Waals surface area contributed by atoms with E-state index in [1.165, 1.54) is 0 Å². The van der Waals surface area contributed by atoms with Crippen LogP contribution in [0.25, 0.3) is 11.1 Å². The fourth-order valence-electron chi connectivity index (χ4n) is 1.63. The van der Waals surface area contributed by atoms with E-state index in [1.54, 1.807) is 32.4 Å². The molecule has 0 aliphatic carbocycles. The first-order chi connectivity index (χ1) is 7.65. The summed E-state index contributed by atoms with van der Waals surface area (Å²) in [7, 11) is 1.56. The zero-order valence-electron chi connectivity index (χ0n) is 9.11. The summed E-state index contributed by atoms with van der Waals surface area (Å²) >= 11 is 0. The van der Waals surface area contributed by atoms with Crippen LogP contribution in [-0.2, 0) is 0 Å². The molecule has 0 atom stereocenters. The second-order valence-corrected chi connectivity index (χ2v) is 3.49. The highest BCUT2D eigenvalue weighted by molar-refractivity contribution is 5.79. The number of nitrogen functional groups attached to an aromatic ring is 1. The van der Waals surface area contributed by atoms with Gasteiger partial charge in [0.15, 0.2) is 0 Å². The van der Waals surface area contributed by atoms with Crippen molar-refractivity contribution in [3.63, 3.8) is 0 Å². The Balaban J connectivity index is 2.60. The maximum absolute atomic E-state index is 10.0. The molecule has 0 radical (unpaired) electrons. The summed E-state index contributed by atoms with van der Waals surface area (Å²) in [4.78, 5) is 0. The average molecular weight is 219 g/mol. The van der Waals surface area contributed by atoms with Crippen LogP contribution in [0.3, 0.4) is 0 Å². The molecule has 1 aromatic carbocycles. The molecule has 0 saturated carbocycles. The van der Waals surface area contributed by atoms with E-state index in [0.29, 0.717) is 28.3 Å². The SMILES string of the molecule is COc1ccc(-c2cn[nH]c2N)c(O)c1C. The van der Waals surface area contributed by atoms with E-state index in [2.05, 4.69) is 10.2 Å². The van der Waals surface area contributed by atoms with E-state index < -0.39 is 0 Å². The lowest BCUT2D eigenvalue weighted by Gasteiger charge is -2.10. The van der Waals surface area contributed by atoms with Crippen molar-refractivity contribution in [3.8, 4) is 22.6 Å². The topological polar surface area (TPSA) is 84.2 Å². The number of hydrogen-bond donors (Lipinski definition) is 3. The van der Waals surface area contributed by atoms with Crippen LogP contribution < -0.4 is 10.5 Å². The quantitative estimate of drug-likeness (QED) is 0.717. The lowest BCUT2D eigenvalue weighted by atomic mass is 10.0. The summed E-state index contributed by atoms with van der Waals surface area (Å²) in [5, 5.41) is 16.5. The number of ether oxygens (including phenoxy) is 1. The predicted molar refractivity (Wildman–Crippen MR) is 61.4 cm³/mol. The van der Waals surface area contributed by atoms with Crippen LogP contribution in [0.5, 0.6) is 11.5 Å². The van der Waals surface area contributed by atoms with E-state index in [4.69, 9.17) is 10.5 Å². The van der Waals surface area contributed by atoms with Gasteiger partial charge in [-0.3, -0.25) is 5.10 Å². The second-order valence-electron chi connectivity index (χ2n) is 3.49. The molecule has 4 N–H and O–H groups in total. The minimum atomic E-state index is 0.160. The number of phenolic OH excluding ortho intramolecular Hbond substituents is 1. The molecule has 0 amide bonds. The van der Waals surface area contributed by atoms with E-state index in [0.717, 1.165) is 0 Å². The lowest BCUT2D eigenvalue weighted by molar-refractivity contribution is 0.403. The van der Waals surface area contributed by atoms with Crippen molar-refractivity contribution < 1.29 is 9.84 Å². The monoisotopic (exact) mass is 219 g/mol. The molecule has 2 rings (SSSR count). The molecular weight excluding hydrogens is 206 g/mol. The molecule has 1 heterocycles. The molecule has 16 heavy (non-hydrogen) atoms. The number of aromatic amines is 1. The highest BCUT2D eigenvalue weighted by Gasteiger charge is 2.13. The molecule has 0 aliphatic rings. The van der Waals surface area contributed by atoms with E-state index in [9.17, 15) is 5.11 Å². The summed E-state index contributed by atoms with van der Waals surface area (Å²) in [5.74, 6) is 1.23. The van der Waals surface area contributed by atoms with Crippen molar-refractivity contribution in [2.24, 2.45) is 0 Å². The van der Waals surface area contributed by atoms with Crippen molar-refractivity contribution in [3.05, 3.63) is 23.9 Å². The number of hydrogen-bond acceptors (Lipinski definition) is 4. The van der Waals surface area contributed by atoms with E-state index in [-0.39, 0.29) is 5.75 Å². The molecule has 84 valence electrons. The number of benzene rings is 1. The van der Waals surface area contributed by atoms with Gasteiger partial charge in [-0.1, -0.05) is 0 Å². The molecule has 0 unspecified atom stereocenters. The van der Waals surface area contributed by atoms with Crippen LogP contribution in [-0.4, -0.2) is 22.4 Å². The molecule has 1 aromatic heterocycles. The maximum atomic E-state index is 10.0. The number of H-pyrrole nitrogens is 1. The second kappa shape index (κ2) is 3.77.